The normalized spacial score (nSPS) is 10.4. The van der Waals surface area contributed by atoms with Crippen LogP contribution in [0.1, 0.15) is 102 Å². The molecule has 2 N–H and O–H groups in total. The first-order valence-electron chi connectivity index (χ1n) is 10.6. The van der Waals surface area contributed by atoms with Crippen molar-refractivity contribution in [1.82, 2.24) is 0 Å². The van der Waals surface area contributed by atoms with Gasteiger partial charge in [0.15, 0.2) is 0 Å². The van der Waals surface area contributed by atoms with Gasteiger partial charge in [0.05, 0.1) is 0 Å². The monoisotopic (exact) mass is 367 g/mol. The summed E-state index contributed by atoms with van der Waals surface area (Å²) < 4.78 is 0. The molecular weight excluding hydrogens is 326 g/mol. The van der Waals surface area contributed by atoms with Crippen LogP contribution in [0.4, 0.5) is 0 Å². The average Bonchev–Trinajstić information content (AvgIpc) is 2.67. The molecule has 0 saturated heterocycles. The molecule has 1 nitrogen and oxygen atoms in total. The molecule has 1 aromatic rings. The van der Waals surface area contributed by atoms with E-state index in [9.17, 15) is 0 Å². The van der Waals surface area contributed by atoms with Crippen molar-refractivity contribution in [1.29, 1.82) is 0 Å². The lowest BCUT2D eigenvalue weighted by Crippen LogP contribution is -1.97. The fourth-order valence-corrected chi connectivity index (χ4v) is 3.08. The Balaban J connectivity index is 0.000000593. The van der Waals surface area contributed by atoms with Crippen molar-refractivity contribution < 1.29 is 0 Å². The van der Waals surface area contributed by atoms with Crippen molar-refractivity contribution >= 4 is 11.6 Å². The Morgan fingerprint density at radius 2 is 1.04 bits per heavy atom. The van der Waals surface area contributed by atoms with E-state index < -0.39 is 0 Å². The summed E-state index contributed by atoms with van der Waals surface area (Å²) in [5.74, 6) is 0.612. The van der Waals surface area contributed by atoms with E-state index >= 15 is 0 Å². The second kappa shape index (κ2) is 21.5. The van der Waals surface area contributed by atoms with Gasteiger partial charge in [-0.2, -0.15) is 0 Å². The Bertz CT molecular complexity index is 325. The smallest absolute Gasteiger partial charge is 0.0474 e. The molecule has 0 atom stereocenters. The third-order valence-electron chi connectivity index (χ3n) is 4.55. The Morgan fingerprint density at radius 1 is 0.640 bits per heavy atom. The quantitative estimate of drug-likeness (QED) is 0.248. The number of nitrogens with two attached hydrogens (primary N) is 1. The standard InChI is InChI=1S/C16H35N.C7H7Cl/c1-2-3-4-5-6-7-8-9-10-11-12-13-14-15-16-17;8-6-7-4-2-1-3-5-7/h2-17H2,1H3;1-5H,6H2. The van der Waals surface area contributed by atoms with Crippen molar-refractivity contribution in [2.75, 3.05) is 6.54 Å². The molecule has 0 saturated carbocycles. The predicted molar refractivity (Wildman–Crippen MR) is 115 cm³/mol. The lowest BCUT2D eigenvalue weighted by Gasteiger charge is -2.02. The summed E-state index contributed by atoms with van der Waals surface area (Å²) in [5, 5.41) is 0. The number of benzene rings is 1. The number of unbranched alkanes of at least 4 members (excludes halogenated alkanes) is 13. The summed E-state index contributed by atoms with van der Waals surface area (Å²) >= 11 is 5.53. The number of halogens is 1. The van der Waals surface area contributed by atoms with Gasteiger partial charge in [-0.3, -0.25) is 0 Å². The first kappa shape index (κ1) is 24.5. The van der Waals surface area contributed by atoms with Crippen LogP contribution in [0, 0.1) is 0 Å². The third-order valence-corrected chi connectivity index (χ3v) is 4.86. The van der Waals surface area contributed by atoms with Gasteiger partial charge in [-0.05, 0) is 18.5 Å². The molecule has 0 heterocycles. The number of alkyl halides is 1. The molecule has 0 bridgehead atoms. The first-order valence-corrected chi connectivity index (χ1v) is 11.2. The third kappa shape index (κ3) is 19.6. The van der Waals surface area contributed by atoms with Gasteiger partial charge < -0.3 is 5.73 Å². The average molecular weight is 368 g/mol. The van der Waals surface area contributed by atoms with Gasteiger partial charge in [0.2, 0.25) is 0 Å². The topological polar surface area (TPSA) is 26.0 Å². The van der Waals surface area contributed by atoms with Gasteiger partial charge in [0.25, 0.3) is 0 Å². The van der Waals surface area contributed by atoms with Crippen LogP contribution in [0.5, 0.6) is 0 Å². The maximum atomic E-state index is 5.53. The molecule has 2 heteroatoms. The summed E-state index contributed by atoms with van der Waals surface area (Å²) in [7, 11) is 0. The molecule has 0 aliphatic rings. The largest absolute Gasteiger partial charge is 0.330 e. The Morgan fingerprint density at radius 3 is 1.36 bits per heavy atom. The highest BCUT2D eigenvalue weighted by Gasteiger charge is 1.93. The van der Waals surface area contributed by atoms with Crippen LogP contribution in [-0.4, -0.2) is 6.54 Å². The lowest BCUT2D eigenvalue weighted by atomic mass is 10.0. The van der Waals surface area contributed by atoms with Gasteiger partial charge in [0, 0.05) is 5.88 Å². The highest BCUT2D eigenvalue weighted by Crippen LogP contribution is 2.12. The van der Waals surface area contributed by atoms with E-state index in [4.69, 9.17) is 17.3 Å². The molecule has 0 fully saturated rings. The van der Waals surface area contributed by atoms with Crippen LogP contribution in [0.3, 0.4) is 0 Å². The molecule has 0 spiro atoms. The van der Waals surface area contributed by atoms with Crippen molar-refractivity contribution in [2.45, 2.75) is 103 Å². The zero-order valence-electron chi connectivity index (χ0n) is 16.7. The molecule has 0 unspecified atom stereocenters. The van der Waals surface area contributed by atoms with Gasteiger partial charge >= 0.3 is 0 Å². The van der Waals surface area contributed by atoms with Crippen molar-refractivity contribution in [3.63, 3.8) is 0 Å². The molecule has 0 aromatic heterocycles. The summed E-state index contributed by atoms with van der Waals surface area (Å²) in [6.45, 7) is 3.16. The molecule has 1 rings (SSSR count). The Hall–Kier alpha value is -0.530. The van der Waals surface area contributed by atoms with Gasteiger partial charge in [-0.25, -0.2) is 0 Å². The van der Waals surface area contributed by atoms with E-state index in [1.807, 2.05) is 30.3 Å². The highest BCUT2D eigenvalue weighted by atomic mass is 35.5. The SMILES string of the molecule is CCCCCCCCCCCCCCCCN.ClCc1ccccc1. The van der Waals surface area contributed by atoms with Crippen molar-refractivity contribution in [3.05, 3.63) is 35.9 Å². The second-order valence-electron chi connectivity index (χ2n) is 7.00. The minimum Gasteiger partial charge on any atom is -0.330 e. The van der Waals surface area contributed by atoms with Crippen LogP contribution in [-0.2, 0) is 5.88 Å². The highest BCUT2D eigenvalue weighted by molar-refractivity contribution is 6.17. The maximum Gasteiger partial charge on any atom is 0.0474 e. The number of rotatable bonds is 15. The van der Waals surface area contributed by atoms with Crippen LogP contribution in [0.15, 0.2) is 30.3 Å². The second-order valence-corrected chi connectivity index (χ2v) is 7.27. The fraction of sp³-hybridized carbons (Fsp3) is 0.739. The molecule has 0 aliphatic heterocycles. The van der Waals surface area contributed by atoms with Crippen LogP contribution >= 0.6 is 11.6 Å². The lowest BCUT2D eigenvalue weighted by molar-refractivity contribution is 0.536. The predicted octanol–water partition coefficient (Wildman–Crippen LogP) is 7.85. The fourth-order valence-electron chi connectivity index (χ4n) is 2.91. The van der Waals surface area contributed by atoms with Crippen molar-refractivity contribution in [3.8, 4) is 0 Å². The van der Waals surface area contributed by atoms with Crippen LogP contribution in [0.2, 0.25) is 0 Å². The minimum atomic E-state index is 0.612. The number of hydrogen-bond donors (Lipinski definition) is 1. The zero-order valence-corrected chi connectivity index (χ0v) is 17.4. The molecule has 0 amide bonds. The first-order chi connectivity index (χ1) is 12.3. The van der Waals surface area contributed by atoms with E-state index in [2.05, 4.69) is 6.92 Å². The summed E-state index contributed by atoms with van der Waals surface area (Å²) in [6.07, 6.45) is 19.9. The summed E-state index contributed by atoms with van der Waals surface area (Å²) in [6, 6.07) is 9.96. The number of hydrogen-bond acceptors (Lipinski definition) is 1. The molecule has 0 aliphatic carbocycles. The van der Waals surface area contributed by atoms with E-state index in [0.29, 0.717) is 5.88 Å². The summed E-state index contributed by atoms with van der Waals surface area (Å²) in [5.41, 5.74) is 6.64. The molecule has 0 radical (unpaired) electrons. The van der Waals surface area contributed by atoms with Gasteiger partial charge in [-0.15, -0.1) is 11.6 Å². The molecule has 146 valence electrons. The Kier molecular flexibility index (Phi) is 21.1. The molecular formula is C23H42ClN. The van der Waals surface area contributed by atoms with E-state index in [-0.39, 0.29) is 0 Å². The van der Waals surface area contributed by atoms with Crippen LogP contribution in [0.25, 0.3) is 0 Å². The molecule has 1 aromatic carbocycles. The molecule has 25 heavy (non-hydrogen) atoms. The summed E-state index contributed by atoms with van der Waals surface area (Å²) in [4.78, 5) is 0. The Labute approximate surface area is 162 Å². The van der Waals surface area contributed by atoms with Gasteiger partial charge in [-0.1, -0.05) is 121 Å². The van der Waals surface area contributed by atoms with Crippen molar-refractivity contribution in [2.24, 2.45) is 5.73 Å². The zero-order chi connectivity index (χ0) is 18.4. The van der Waals surface area contributed by atoms with E-state index in [1.54, 1.807) is 0 Å². The van der Waals surface area contributed by atoms with E-state index in [1.165, 1.54) is 95.5 Å². The maximum absolute atomic E-state index is 5.53. The minimum absolute atomic E-state index is 0.612. The van der Waals surface area contributed by atoms with Gasteiger partial charge in [0.1, 0.15) is 0 Å². The van der Waals surface area contributed by atoms with E-state index in [0.717, 1.165) is 6.54 Å². The van der Waals surface area contributed by atoms with Crippen LogP contribution < -0.4 is 5.73 Å².